The summed E-state index contributed by atoms with van der Waals surface area (Å²) in [5.74, 6) is 0.527. The Morgan fingerprint density at radius 1 is 1.03 bits per heavy atom. The number of ether oxygens (including phenoxy) is 2. The van der Waals surface area contributed by atoms with Crippen molar-refractivity contribution in [3.05, 3.63) is 42.0 Å². The quantitative estimate of drug-likeness (QED) is 0.698. The van der Waals surface area contributed by atoms with Crippen molar-refractivity contribution in [1.29, 1.82) is 0 Å². The minimum atomic E-state index is -3.64. The largest absolute Gasteiger partial charge is 0.454 e. The van der Waals surface area contributed by atoms with Crippen LogP contribution in [0.2, 0.25) is 0 Å². The van der Waals surface area contributed by atoms with E-state index in [1.54, 1.807) is 44.2 Å². The summed E-state index contributed by atoms with van der Waals surface area (Å²) in [6, 6.07) is 9.83. The zero-order chi connectivity index (χ0) is 24.1. The van der Waals surface area contributed by atoms with Gasteiger partial charge in [0, 0.05) is 30.5 Å². The van der Waals surface area contributed by atoms with Crippen LogP contribution < -0.4 is 19.7 Å². The predicted molar refractivity (Wildman–Crippen MR) is 126 cm³/mol. The fraction of sp³-hybridized carbons (Fsp3) is 0.417. The second kappa shape index (κ2) is 8.28. The number of hydrogen-bond donors (Lipinski definition) is 1. The standard InChI is InChI=1S/C24H27N3O6S/c1-24(2)18-13-17(34(30,31)26-10-4-3-5-11-26)7-8-19(18)27(23(24)29)14-22(28)25-16-6-9-20-21(12-16)33-15-32-20/h6-9,12-13H,3-5,10-11,14-15H2,1-2H3,(H,25,28). The highest BCUT2D eigenvalue weighted by atomic mass is 32.2. The molecule has 3 aliphatic rings. The molecule has 0 aromatic heterocycles. The predicted octanol–water partition coefficient (Wildman–Crippen LogP) is 2.85. The number of nitrogens with one attached hydrogen (secondary N) is 1. The summed E-state index contributed by atoms with van der Waals surface area (Å²) in [5.41, 5.74) is 0.727. The third-order valence-electron chi connectivity index (χ3n) is 6.62. The Bertz CT molecular complexity index is 1270. The minimum Gasteiger partial charge on any atom is -0.454 e. The molecule has 1 N–H and O–H groups in total. The van der Waals surface area contributed by atoms with Gasteiger partial charge in [-0.1, -0.05) is 6.42 Å². The molecule has 3 aliphatic heterocycles. The van der Waals surface area contributed by atoms with Crippen LogP contribution in [-0.4, -0.2) is 51.0 Å². The number of carbonyl (C=O) groups is 2. The van der Waals surface area contributed by atoms with Crippen molar-refractivity contribution in [3.8, 4) is 11.5 Å². The molecule has 2 amide bonds. The van der Waals surface area contributed by atoms with E-state index < -0.39 is 15.4 Å². The van der Waals surface area contributed by atoms with E-state index in [1.165, 1.54) is 15.3 Å². The fourth-order valence-corrected chi connectivity index (χ4v) is 6.25. The molecule has 0 atom stereocenters. The maximum absolute atomic E-state index is 13.2. The molecule has 180 valence electrons. The Labute approximate surface area is 198 Å². The molecule has 10 heteroatoms. The third-order valence-corrected chi connectivity index (χ3v) is 8.52. The van der Waals surface area contributed by atoms with Crippen LogP contribution in [0.5, 0.6) is 11.5 Å². The lowest BCUT2D eigenvalue weighted by Crippen LogP contribution is -2.40. The van der Waals surface area contributed by atoms with Gasteiger partial charge in [0.25, 0.3) is 0 Å². The van der Waals surface area contributed by atoms with E-state index in [0.29, 0.717) is 41.5 Å². The van der Waals surface area contributed by atoms with E-state index in [4.69, 9.17) is 9.47 Å². The van der Waals surface area contributed by atoms with E-state index in [0.717, 1.165) is 19.3 Å². The molecule has 1 saturated heterocycles. The van der Waals surface area contributed by atoms with Crippen LogP contribution in [0, 0.1) is 0 Å². The number of benzene rings is 2. The lowest BCUT2D eigenvalue weighted by atomic mass is 9.86. The van der Waals surface area contributed by atoms with Crippen molar-refractivity contribution >= 4 is 33.2 Å². The number of rotatable bonds is 5. The Kier molecular flexibility index (Phi) is 5.52. The Balaban J connectivity index is 1.38. The lowest BCUT2D eigenvalue weighted by Gasteiger charge is -2.26. The van der Waals surface area contributed by atoms with Crippen molar-refractivity contribution < 1.29 is 27.5 Å². The van der Waals surface area contributed by atoms with Crippen molar-refractivity contribution in [2.75, 3.05) is 36.6 Å². The van der Waals surface area contributed by atoms with Crippen LogP contribution in [0.3, 0.4) is 0 Å². The Morgan fingerprint density at radius 3 is 2.53 bits per heavy atom. The van der Waals surface area contributed by atoms with Gasteiger partial charge < -0.3 is 19.7 Å². The zero-order valence-electron chi connectivity index (χ0n) is 19.2. The number of hydrogen-bond acceptors (Lipinski definition) is 6. The van der Waals surface area contributed by atoms with Gasteiger partial charge >= 0.3 is 0 Å². The van der Waals surface area contributed by atoms with Crippen molar-refractivity contribution in [3.63, 3.8) is 0 Å². The molecule has 0 radical (unpaired) electrons. The van der Waals surface area contributed by atoms with Gasteiger partial charge in [-0.15, -0.1) is 0 Å². The summed E-state index contributed by atoms with van der Waals surface area (Å²) in [7, 11) is -3.64. The van der Waals surface area contributed by atoms with Gasteiger partial charge in [-0.25, -0.2) is 8.42 Å². The van der Waals surface area contributed by atoms with Crippen molar-refractivity contribution in [2.45, 2.75) is 43.4 Å². The second-order valence-corrected chi connectivity index (χ2v) is 11.2. The van der Waals surface area contributed by atoms with Gasteiger partial charge in [0.05, 0.1) is 10.3 Å². The van der Waals surface area contributed by atoms with Crippen LogP contribution in [0.25, 0.3) is 0 Å². The molecule has 34 heavy (non-hydrogen) atoms. The Hall–Kier alpha value is -3.11. The van der Waals surface area contributed by atoms with Crippen LogP contribution >= 0.6 is 0 Å². The van der Waals surface area contributed by atoms with Gasteiger partial charge in [-0.3, -0.25) is 9.59 Å². The summed E-state index contributed by atoms with van der Waals surface area (Å²) in [6.07, 6.45) is 2.72. The van der Waals surface area contributed by atoms with Gasteiger partial charge in [0.1, 0.15) is 6.54 Å². The first-order valence-electron chi connectivity index (χ1n) is 11.3. The first-order valence-corrected chi connectivity index (χ1v) is 12.8. The van der Waals surface area contributed by atoms with E-state index in [-0.39, 0.29) is 30.0 Å². The van der Waals surface area contributed by atoms with Crippen molar-refractivity contribution in [1.82, 2.24) is 4.31 Å². The summed E-state index contributed by atoms with van der Waals surface area (Å²) in [6.45, 7) is 4.46. The van der Waals surface area contributed by atoms with Crippen LogP contribution in [0.1, 0.15) is 38.7 Å². The molecule has 0 bridgehead atoms. The van der Waals surface area contributed by atoms with Gasteiger partial charge in [0.2, 0.25) is 28.6 Å². The molecule has 2 aromatic rings. The van der Waals surface area contributed by atoms with Gasteiger partial charge in [0.15, 0.2) is 11.5 Å². The van der Waals surface area contributed by atoms with Gasteiger partial charge in [-0.05, 0) is 62.6 Å². The highest BCUT2D eigenvalue weighted by molar-refractivity contribution is 7.89. The average molecular weight is 486 g/mol. The fourth-order valence-electron chi connectivity index (χ4n) is 4.70. The highest BCUT2D eigenvalue weighted by Crippen LogP contribution is 2.43. The molecule has 9 nitrogen and oxygen atoms in total. The summed E-state index contributed by atoms with van der Waals surface area (Å²) in [4.78, 5) is 27.6. The average Bonchev–Trinajstić information content (AvgIpc) is 3.36. The molecule has 0 unspecified atom stereocenters. The molecular weight excluding hydrogens is 458 g/mol. The number of sulfonamides is 1. The van der Waals surface area contributed by atoms with Crippen LogP contribution in [0.4, 0.5) is 11.4 Å². The first-order chi connectivity index (χ1) is 16.2. The van der Waals surface area contributed by atoms with Crippen LogP contribution in [-0.2, 0) is 25.0 Å². The number of nitrogens with zero attached hydrogens (tertiary/aromatic N) is 2. The summed E-state index contributed by atoms with van der Waals surface area (Å²) >= 11 is 0. The number of piperidine rings is 1. The minimum absolute atomic E-state index is 0.135. The molecule has 1 fully saturated rings. The van der Waals surface area contributed by atoms with E-state index in [2.05, 4.69) is 5.32 Å². The lowest BCUT2D eigenvalue weighted by molar-refractivity contribution is -0.124. The number of carbonyl (C=O) groups excluding carboxylic acids is 2. The molecule has 5 rings (SSSR count). The van der Waals surface area contributed by atoms with Crippen molar-refractivity contribution in [2.24, 2.45) is 0 Å². The topological polar surface area (TPSA) is 105 Å². The summed E-state index contributed by atoms with van der Waals surface area (Å²) in [5, 5.41) is 2.78. The first kappa shape index (κ1) is 22.7. The number of amides is 2. The smallest absolute Gasteiger partial charge is 0.244 e. The van der Waals surface area contributed by atoms with E-state index >= 15 is 0 Å². The molecule has 0 spiro atoms. The zero-order valence-corrected chi connectivity index (χ0v) is 20.0. The van der Waals surface area contributed by atoms with E-state index in [1.807, 2.05) is 0 Å². The summed E-state index contributed by atoms with van der Waals surface area (Å²) < 4.78 is 38.5. The highest BCUT2D eigenvalue weighted by Gasteiger charge is 2.45. The van der Waals surface area contributed by atoms with Gasteiger partial charge in [-0.2, -0.15) is 4.31 Å². The third kappa shape index (κ3) is 3.80. The number of fused-ring (bicyclic) bond motifs is 2. The molecule has 3 heterocycles. The number of anilines is 2. The monoisotopic (exact) mass is 485 g/mol. The maximum atomic E-state index is 13.2. The SMILES string of the molecule is CC1(C)C(=O)N(CC(=O)Nc2ccc3c(c2)OCO3)c2ccc(S(=O)(=O)N3CCCCC3)cc21. The molecular formula is C24H27N3O6S. The second-order valence-electron chi connectivity index (χ2n) is 9.28. The van der Waals surface area contributed by atoms with Crippen LogP contribution in [0.15, 0.2) is 41.3 Å². The normalized spacial score (nSPS) is 19.2. The molecule has 2 aromatic carbocycles. The maximum Gasteiger partial charge on any atom is 0.244 e. The van der Waals surface area contributed by atoms with E-state index in [9.17, 15) is 18.0 Å². The molecule has 0 aliphatic carbocycles. The molecule has 0 saturated carbocycles. The Morgan fingerprint density at radius 2 is 1.76 bits per heavy atom.